The highest BCUT2D eigenvalue weighted by Crippen LogP contribution is 2.17. The summed E-state index contributed by atoms with van der Waals surface area (Å²) in [4.78, 5) is 21.8. The summed E-state index contributed by atoms with van der Waals surface area (Å²) in [7, 11) is 0. The van der Waals surface area contributed by atoms with Gasteiger partial charge in [0.2, 0.25) is 5.91 Å². The van der Waals surface area contributed by atoms with E-state index in [0.717, 1.165) is 0 Å². The summed E-state index contributed by atoms with van der Waals surface area (Å²) in [6, 6.07) is 6.12. The van der Waals surface area contributed by atoms with Crippen LogP contribution in [-0.4, -0.2) is 28.6 Å². The smallest absolute Gasteiger partial charge is 0.273 e. The van der Waals surface area contributed by atoms with E-state index in [0.29, 0.717) is 12.0 Å². The topological polar surface area (TPSA) is 92.5 Å². The average molecular weight is 252 g/mol. The number of nitro benzene ring substituents is 1. The van der Waals surface area contributed by atoms with Crippen molar-refractivity contribution >= 4 is 11.6 Å². The fraction of sp³-hybridized carbons (Fsp3) is 0.417. The average Bonchev–Trinajstić information content (AvgIpc) is 2.36. The van der Waals surface area contributed by atoms with E-state index in [9.17, 15) is 20.0 Å². The van der Waals surface area contributed by atoms with Crippen LogP contribution in [0.3, 0.4) is 0 Å². The Labute approximate surface area is 105 Å². The zero-order chi connectivity index (χ0) is 13.5. The van der Waals surface area contributed by atoms with Gasteiger partial charge in [-0.1, -0.05) is 25.1 Å². The monoisotopic (exact) mass is 252 g/mol. The first-order valence-electron chi connectivity index (χ1n) is 5.71. The molecule has 98 valence electrons. The van der Waals surface area contributed by atoms with Gasteiger partial charge >= 0.3 is 0 Å². The zero-order valence-electron chi connectivity index (χ0n) is 10.1. The maximum atomic E-state index is 11.6. The van der Waals surface area contributed by atoms with E-state index < -0.39 is 11.0 Å². The van der Waals surface area contributed by atoms with Crippen molar-refractivity contribution in [2.24, 2.45) is 0 Å². The van der Waals surface area contributed by atoms with Gasteiger partial charge in [-0.05, 0) is 6.42 Å². The van der Waals surface area contributed by atoms with E-state index in [1.807, 2.05) is 0 Å². The summed E-state index contributed by atoms with van der Waals surface area (Å²) in [5.41, 5.74) is 0.301. The molecule has 6 heteroatoms. The first kappa shape index (κ1) is 14.1. The second-order valence-electron chi connectivity index (χ2n) is 3.93. The van der Waals surface area contributed by atoms with Crippen LogP contribution in [0.1, 0.15) is 18.9 Å². The predicted octanol–water partition coefficient (Wildman–Crippen LogP) is 1.02. The number of benzene rings is 1. The van der Waals surface area contributed by atoms with Gasteiger partial charge in [0.25, 0.3) is 5.69 Å². The van der Waals surface area contributed by atoms with Crippen LogP contribution in [0.15, 0.2) is 24.3 Å². The van der Waals surface area contributed by atoms with Crippen LogP contribution >= 0.6 is 0 Å². The molecule has 1 aromatic rings. The molecule has 0 saturated heterocycles. The lowest BCUT2D eigenvalue weighted by Crippen LogP contribution is -2.32. The highest BCUT2D eigenvalue weighted by Gasteiger charge is 2.15. The number of nitrogens with zero attached hydrogens (tertiary/aromatic N) is 1. The predicted molar refractivity (Wildman–Crippen MR) is 66.1 cm³/mol. The number of carbonyl (C=O) groups is 1. The number of nitro groups is 1. The van der Waals surface area contributed by atoms with Crippen LogP contribution in [0.5, 0.6) is 0 Å². The van der Waals surface area contributed by atoms with E-state index >= 15 is 0 Å². The Kier molecular flexibility index (Phi) is 5.26. The number of aliphatic hydroxyl groups excluding tert-OH is 1. The van der Waals surface area contributed by atoms with Crippen molar-refractivity contribution in [3.8, 4) is 0 Å². The lowest BCUT2D eigenvalue weighted by atomic mass is 10.1. The fourth-order valence-electron chi connectivity index (χ4n) is 1.45. The summed E-state index contributed by atoms with van der Waals surface area (Å²) >= 11 is 0. The quantitative estimate of drug-likeness (QED) is 0.584. The molecular weight excluding hydrogens is 236 g/mol. The molecule has 0 fully saturated rings. The molecule has 6 nitrogen and oxygen atoms in total. The van der Waals surface area contributed by atoms with Gasteiger partial charge in [-0.25, -0.2) is 0 Å². The first-order valence-corrected chi connectivity index (χ1v) is 5.71. The molecular formula is C12H16N2O4. The van der Waals surface area contributed by atoms with Crippen molar-refractivity contribution in [3.63, 3.8) is 0 Å². The molecule has 0 heterocycles. The van der Waals surface area contributed by atoms with Crippen LogP contribution in [0.25, 0.3) is 0 Å². The van der Waals surface area contributed by atoms with Gasteiger partial charge in [0.15, 0.2) is 0 Å². The minimum Gasteiger partial charge on any atom is -0.391 e. The third-order valence-corrected chi connectivity index (χ3v) is 2.55. The summed E-state index contributed by atoms with van der Waals surface area (Å²) in [5, 5.41) is 22.6. The Hall–Kier alpha value is -1.95. The van der Waals surface area contributed by atoms with Crippen molar-refractivity contribution in [1.29, 1.82) is 0 Å². The molecule has 1 rings (SSSR count). The fourth-order valence-corrected chi connectivity index (χ4v) is 1.45. The van der Waals surface area contributed by atoms with Gasteiger partial charge in [0.05, 0.1) is 17.4 Å². The minimum atomic E-state index is -0.584. The largest absolute Gasteiger partial charge is 0.391 e. The molecule has 1 unspecified atom stereocenters. The molecule has 0 spiro atoms. The molecule has 0 saturated carbocycles. The number of carbonyl (C=O) groups excluding carboxylic acids is 1. The number of amides is 1. The SMILES string of the molecule is CCC(O)CNC(=O)Cc1ccccc1[N+](=O)[O-]. The maximum absolute atomic E-state index is 11.6. The van der Waals surface area contributed by atoms with Gasteiger partial charge in [-0.3, -0.25) is 14.9 Å². The van der Waals surface area contributed by atoms with Crippen molar-refractivity contribution in [2.45, 2.75) is 25.9 Å². The molecule has 2 N–H and O–H groups in total. The molecule has 1 amide bonds. The molecule has 0 aliphatic carbocycles. The molecule has 0 aromatic heterocycles. The Morgan fingerprint density at radius 2 is 2.17 bits per heavy atom. The third kappa shape index (κ3) is 4.14. The highest BCUT2D eigenvalue weighted by molar-refractivity contribution is 5.79. The van der Waals surface area contributed by atoms with Crippen molar-refractivity contribution in [3.05, 3.63) is 39.9 Å². The zero-order valence-corrected chi connectivity index (χ0v) is 10.1. The van der Waals surface area contributed by atoms with E-state index in [1.165, 1.54) is 6.07 Å². The van der Waals surface area contributed by atoms with Crippen LogP contribution < -0.4 is 5.32 Å². The summed E-state index contributed by atoms with van der Waals surface area (Å²) < 4.78 is 0. The van der Waals surface area contributed by atoms with Crippen LogP contribution in [0.4, 0.5) is 5.69 Å². The van der Waals surface area contributed by atoms with Gasteiger partial charge in [-0.15, -0.1) is 0 Å². The number of hydrogen-bond donors (Lipinski definition) is 2. The van der Waals surface area contributed by atoms with Crippen LogP contribution in [0.2, 0.25) is 0 Å². The van der Waals surface area contributed by atoms with E-state index in [-0.39, 0.29) is 24.6 Å². The number of rotatable bonds is 6. The Bertz CT molecular complexity index is 434. The Balaban J connectivity index is 2.62. The van der Waals surface area contributed by atoms with E-state index in [2.05, 4.69) is 5.32 Å². The third-order valence-electron chi connectivity index (χ3n) is 2.55. The molecule has 0 aliphatic rings. The molecule has 0 bridgehead atoms. The maximum Gasteiger partial charge on any atom is 0.273 e. The van der Waals surface area contributed by atoms with E-state index in [1.54, 1.807) is 25.1 Å². The summed E-state index contributed by atoms with van der Waals surface area (Å²) in [5.74, 6) is -0.336. The van der Waals surface area contributed by atoms with Crippen LogP contribution in [0, 0.1) is 10.1 Å². The standard InChI is InChI=1S/C12H16N2O4/c1-2-10(15)8-13-12(16)7-9-5-3-4-6-11(9)14(17)18/h3-6,10,15H,2,7-8H2,1H3,(H,13,16). The molecule has 1 atom stereocenters. The minimum absolute atomic E-state index is 0.0619. The van der Waals surface area contributed by atoms with Crippen molar-refractivity contribution < 1.29 is 14.8 Å². The second kappa shape index (κ2) is 6.70. The molecule has 18 heavy (non-hydrogen) atoms. The van der Waals surface area contributed by atoms with Crippen molar-refractivity contribution in [2.75, 3.05) is 6.54 Å². The van der Waals surface area contributed by atoms with Gasteiger partial charge in [-0.2, -0.15) is 0 Å². The molecule has 1 aromatic carbocycles. The number of hydrogen-bond acceptors (Lipinski definition) is 4. The normalized spacial score (nSPS) is 11.9. The lowest BCUT2D eigenvalue weighted by molar-refractivity contribution is -0.385. The van der Waals surface area contributed by atoms with Crippen molar-refractivity contribution in [1.82, 2.24) is 5.32 Å². The van der Waals surface area contributed by atoms with Crippen LogP contribution in [-0.2, 0) is 11.2 Å². The summed E-state index contributed by atoms with van der Waals surface area (Å²) in [6.45, 7) is 1.97. The number of para-hydroxylation sites is 1. The molecule has 0 aliphatic heterocycles. The highest BCUT2D eigenvalue weighted by atomic mass is 16.6. The summed E-state index contributed by atoms with van der Waals surface area (Å²) in [6.07, 6.45) is -0.0981. The van der Waals surface area contributed by atoms with Gasteiger partial charge in [0, 0.05) is 18.2 Å². The number of nitrogens with one attached hydrogen (secondary N) is 1. The Morgan fingerprint density at radius 1 is 1.50 bits per heavy atom. The van der Waals surface area contributed by atoms with E-state index in [4.69, 9.17) is 0 Å². The van der Waals surface area contributed by atoms with Gasteiger partial charge < -0.3 is 10.4 Å². The number of aliphatic hydroxyl groups is 1. The Morgan fingerprint density at radius 3 is 2.78 bits per heavy atom. The molecule has 0 radical (unpaired) electrons. The van der Waals surface area contributed by atoms with Gasteiger partial charge in [0.1, 0.15) is 0 Å². The first-order chi connectivity index (χ1) is 8.54. The lowest BCUT2D eigenvalue weighted by Gasteiger charge is -2.09. The second-order valence-corrected chi connectivity index (χ2v) is 3.93.